The van der Waals surface area contributed by atoms with Gasteiger partial charge in [0.2, 0.25) is 5.91 Å². The highest BCUT2D eigenvalue weighted by Crippen LogP contribution is 2.22. The highest BCUT2D eigenvalue weighted by atomic mass is 16.5. The minimum absolute atomic E-state index is 0.00643. The number of aliphatic hydroxyl groups is 1. The van der Waals surface area contributed by atoms with Gasteiger partial charge in [-0.3, -0.25) is 9.69 Å². The van der Waals surface area contributed by atoms with Crippen molar-refractivity contribution in [3.63, 3.8) is 0 Å². The van der Waals surface area contributed by atoms with E-state index in [0.29, 0.717) is 24.7 Å². The summed E-state index contributed by atoms with van der Waals surface area (Å²) in [5.74, 6) is 0.826. The van der Waals surface area contributed by atoms with Gasteiger partial charge in [0.05, 0.1) is 6.61 Å². The maximum Gasteiger partial charge on any atom is 0.247 e. The van der Waals surface area contributed by atoms with Crippen LogP contribution < -0.4 is 5.32 Å². The molecule has 0 saturated heterocycles. The smallest absolute Gasteiger partial charge is 0.247 e. The second kappa shape index (κ2) is 7.72. The molecule has 22 heavy (non-hydrogen) atoms. The van der Waals surface area contributed by atoms with E-state index in [9.17, 15) is 9.90 Å². The van der Waals surface area contributed by atoms with Crippen molar-refractivity contribution in [2.75, 3.05) is 25.0 Å². The van der Waals surface area contributed by atoms with Gasteiger partial charge in [0.25, 0.3) is 0 Å². The molecule has 2 N–H and O–H groups in total. The Balaban J connectivity index is 2.24. The predicted octanol–water partition coefficient (Wildman–Crippen LogP) is 1.98. The van der Waals surface area contributed by atoms with Crippen LogP contribution in [-0.4, -0.2) is 40.8 Å². The minimum Gasteiger partial charge on any atom is -0.395 e. The van der Waals surface area contributed by atoms with E-state index in [4.69, 9.17) is 4.52 Å². The number of benzene rings is 1. The Labute approximate surface area is 129 Å². The van der Waals surface area contributed by atoms with E-state index in [1.165, 1.54) is 0 Å². The predicted molar refractivity (Wildman–Crippen MR) is 83.4 cm³/mol. The molecule has 2 aromatic rings. The third-order valence-corrected chi connectivity index (χ3v) is 3.40. The van der Waals surface area contributed by atoms with Gasteiger partial charge in [-0.1, -0.05) is 42.4 Å². The van der Waals surface area contributed by atoms with Crippen molar-refractivity contribution < 1.29 is 14.4 Å². The highest BCUT2D eigenvalue weighted by molar-refractivity contribution is 5.94. The number of hydrogen-bond acceptors (Lipinski definition) is 5. The summed E-state index contributed by atoms with van der Waals surface area (Å²) in [7, 11) is 0. The van der Waals surface area contributed by atoms with Gasteiger partial charge < -0.3 is 14.9 Å². The molecule has 0 aliphatic rings. The first-order chi connectivity index (χ1) is 10.7. The van der Waals surface area contributed by atoms with Crippen molar-refractivity contribution in [2.45, 2.75) is 19.9 Å². The molecular formula is C16H21N3O3. The van der Waals surface area contributed by atoms with Gasteiger partial charge in [0.15, 0.2) is 5.82 Å². The van der Waals surface area contributed by atoms with E-state index >= 15 is 0 Å². The molecule has 0 aliphatic heterocycles. The molecular weight excluding hydrogens is 282 g/mol. The quantitative estimate of drug-likeness (QED) is 0.817. The summed E-state index contributed by atoms with van der Waals surface area (Å²) in [6, 6.07) is 10.7. The first-order valence-electron chi connectivity index (χ1n) is 7.29. The standard InChI is InChI=1S/C16H21N3O3/c1-3-19(9-10-20)15(13-7-5-4-6-8-13)16(21)17-14-11-12(2)22-18-14/h4-8,11,15,20H,3,9-10H2,1-2H3,(H,17,18,21). The monoisotopic (exact) mass is 303 g/mol. The molecule has 2 rings (SSSR count). The summed E-state index contributed by atoms with van der Waals surface area (Å²) in [5, 5.41) is 15.8. The van der Waals surface area contributed by atoms with Crippen LogP contribution in [0.4, 0.5) is 5.82 Å². The number of rotatable bonds is 7. The summed E-state index contributed by atoms with van der Waals surface area (Å²) in [6.45, 7) is 4.78. The number of aryl methyl sites for hydroxylation is 1. The maximum absolute atomic E-state index is 12.7. The van der Waals surface area contributed by atoms with Gasteiger partial charge in [-0.05, 0) is 19.0 Å². The van der Waals surface area contributed by atoms with Gasteiger partial charge in [0.1, 0.15) is 11.8 Å². The van der Waals surface area contributed by atoms with Gasteiger partial charge in [-0.15, -0.1) is 0 Å². The number of nitrogens with zero attached hydrogens (tertiary/aromatic N) is 2. The van der Waals surface area contributed by atoms with Crippen LogP contribution in [0.15, 0.2) is 40.9 Å². The molecule has 0 bridgehead atoms. The lowest BCUT2D eigenvalue weighted by molar-refractivity contribution is -0.121. The second-order valence-corrected chi connectivity index (χ2v) is 4.98. The molecule has 1 aromatic carbocycles. The lowest BCUT2D eigenvalue weighted by Gasteiger charge is -2.29. The Morgan fingerprint density at radius 1 is 1.41 bits per heavy atom. The van der Waals surface area contributed by atoms with Crippen molar-refractivity contribution in [3.8, 4) is 0 Å². The molecule has 1 aromatic heterocycles. The van der Waals surface area contributed by atoms with E-state index in [-0.39, 0.29) is 12.5 Å². The average molecular weight is 303 g/mol. The van der Waals surface area contributed by atoms with Crippen molar-refractivity contribution >= 4 is 11.7 Å². The number of nitrogens with one attached hydrogen (secondary N) is 1. The number of carbonyl (C=O) groups is 1. The number of aliphatic hydroxyl groups excluding tert-OH is 1. The van der Waals surface area contributed by atoms with E-state index in [0.717, 1.165) is 5.56 Å². The van der Waals surface area contributed by atoms with E-state index in [1.807, 2.05) is 42.2 Å². The molecule has 6 nitrogen and oxygen atoms in total. The zero-order chi connectivity index (χ0) is 15.9. The lowest BCUT2D eigenvalue weighted by atomic mass is 10.0. The zero-order valence-corrected chi connectivity index (χ0v) is 12.8. The van der Waals surface area contributed by atoms with E-state index < -0.39 is 6.04 Å². The van der Waals surface area contributed by atoms with Gasteiger partial charge in [0, 0.05) is 12.6 Å². The van der Waals surface area contributed by atoms with E-state index in [1.54, 1.807) is 13.0 Å². The molecule has 0 saturated carbocycles. The van der Waals surface area contributed by atoms with E-state index in [2.05, 4.69) is 10.5 Å². The molecule has 1 unspecified atom stereocenters. The summed E-state index contributed by atoms with van der Waals surface area (Å²) in [6.07, 6.45) is 0. The summed E-state index contributed by atoms with van der Waals surface area (Å²) >= 11 is 0. The topological polar surface area (TPSA) is 78.6 Å². The van der Waals surface area contributed by atoms with Crippen molar-refractivity contribution in [3.05, 3.63) is 47.7 Å². The Morgan fingerprint density at radius 3 is 2.68 bits per heavy atom. The third-order valence-electron chi connectivity index (χ3n) is 3.40. The number of carbonyl (C=O) groups excluding carboxylic acids is 1. The van der Waals surface area contributed by atoms with Crippen LogP contribution >= 0.6 is 0 Å². The summed E-state index contributed by atoms with van der Waals surface area (Å²) in [4.78, 5) is 14.6. The van der Waals surface area contributed by atoms with Crippen LogP contribution in [0.2, 0.25) is 0 Å². The number of hydrogen-bond donors (Lipinski definition) is 2. The van der Waals surface area contributed by atoms with Crippen LogP contribution in [0.5, 0.6) is 0 Å². The molecule has 0 spiro atoms. The second-order valence-electron chi connectivity index (χ2n) is 4.98. The minimum atomic E-state index is -0.490. The number of amides is 1. The Hall–Kier alpha value is -2.18. The zero-order valence-electron chi connectivity index (χ0n) is 12.8. The Morgan fingerprint density at radius 2 is 2.14 bits per heavy atom. The SMILES string of the molecule is CCN(CCO)C(C(=O)Nc1cc(C)on1)c1ccccc1. The molecule has 1 atom stereocenters. The average Bonchev–Trinajstić information content (AvgIpc) is 2.92. The van der Waals surface area contributed by atoms with Crippen molar-refractivity contribution in [1.82, 2.24) is 10.1 Å². The summed E-state index contributed by atoms with van der Waals surface area (Å²) in [5.41, 5.74) is 0.871. The summed E-state index contributed by atoms with van der Waals surface area (Å²) < 4.78 is 4.97. The Bertz CT molecular complexity index is 598. The molecule has 6 heteroatoms. The maximum atomic E-state index is 12.7. The molecule has 0 radical (unpaired) electrons. The highest BCUT2D eigenvalue weighted by Gasteiger charge is 2.27. The molecule has 0 fully saturated rings. The number of aromatic nitrogens is 1. The van der Waals surface area contributed by atoms with Crippen molar-refractivity contribution in [2.24, 2.45) is 0 Å². The molecule has 0 aliphatic carbocycles. The van der Waals surface area contributed by atoms with Crippen LogP contribution in [0.3, 0.4) is 0 Å². The lowest BCUT2D eigenvalue weighted by Crippen LogP contribution is -2.38. The van der Waals surface area contributed by atoms with Crippen molar-refractivity contribution in [1.29, 1.82) is 0 Å². The van der Waals surface area contributed by atoms with Crippen LogP contribution in [-0.2, 0) is 4.79 Å². The molecule has 118 valence electrons. The number of likely N-dealkylation sites (N-methyl/N-ethyl adjacent to an activating group) is 1. The first kappa shape index (κ1) is 16.2. The number of anilines is 1. The fourth-order valence-corrected chi connectivity index (χ4v) is 2.38. The van der Waals surface area contributed by atoms with Crippen LogP contribution in [0, 0.1) is 6.92 Å². The normalized spacial score (nSPS) is 12.4. The van der Waals surface area contributed by atoms with Crippen LogP contribution in [0.1, 0.15) is 24.3 Å². The fourth-order valence-electron chi connectivity index (χ4n) is 2.38. The largest absolute Gasteiger partial charge is 0.395 e. The van der Waals surface area contributed by atoms with Gasteiger partial charge in [-0.25, -0.2) is 0 Å². The van der Waals surface area contributed by atoms with Crippen LogP contribution in [0.25, 0.3) is 0 Å². The molecule has 1 amide bonds. The van der Waals surface area contributed by atoms with Gasteiger partial charge in [-0.2, -0.15) is 0 Å². The molecule has 1 heterocycles. The van der Waals surface area contributed by atoms with Gasteiger partial charge >= 0.3 is 0 Å². The third kappa shape index (κ3) is 3.93. The Kier molecular flexibility index (Phi) is 5.68. The first-order valence-corrected chi connectivity index (χ1v) is 7.29. The fraction of sp³-hybridized carbons (Fsp3) is 0.375.